The van der Waals surface area contributed by atoms with Crippen LogP contribution in [0.25, 0.3) is 6.08 Å². The second kappa shape index (κ2) is 6.04. The summed E-state index contributed by atoms with van der Waals surface area (Å²) in [5, 5.41) is 0.111. The molecule has 2 heterocycles. The van der Waals surface area contributed by atoms with Crippen molar-refractivity contribution in [1.82, 2.24) is 4.98 Å². The van der Waals surface area contributed by atoms with E-state index in [0.717, 1.165) is 16.8 Å². The number of carbonyl (C=O) groups is 1. The number of ether oxygens (including phenoxy) is 2. The van der Waals surface area contributed by atoms with Crippen LogP contribution in [0.4, 0.5) is 0 Å². The number of rotatable bonds is 4. The molecule has 1 saturated heterocycles. The van der Waals surface area contributed by atoms with Gasteiger partial charge >= 0.3 is 5.97 Å². The van der Waals surface area contributed by atoms with E-state index in [1.54, 1.807) is 6.07 Å². The van der Waals surface area contributed by atoms with Crippen LogP contribution in [0.5, 0.6) is 0 Å². The van der Waals surface area contributed by atoms with Gasteiger partial charge in [0.1, 0.15) is 17.9 Å². The zero-order chi connectivity index (χ0) is 18.6. The van der Waals surface area contributed by atoms with Gasteiger partial charge in [0.25, 0.3) is 0 Å². The lowest BCUT2D eigenvalue weighted by molar-refractivity contribution is 0.0593. The highest BCUT2D eigenvalue weighted by molar-refractivity contribution is 6.74. The van der Waals surface area contributed by atoms with Gasteiger partial charge in [-0.15, -0.1) is 0 Å². The zero-order valence-electron chi connectivity index (χ0n) is 16.0. The SMILES string of the molecule is COC(=O)c1cc([C@H](C)O[Si](C)(C)C(C)(C)C)c2c(n1)[C@H]1O[C@H]1C=C2. The van der Waals surface area contributed by atoms with Gasteiger partial charge in [0.2, 0.25) is 0 Å². The Morgan fingerprint density at radius 3 is 2.64 bits per heavy atom. The van der Waals surface area contributed by atoms with Crippen molar-refractivity contribution in [2.45, 2.75) is 64.1 Å². The molecule has 6 heteroatoms. The van der Waals surface area contributed by atoms with Crippen molar-refractivity contribution in [3.63, 3.8) is 0 Å². The Morgan fingerprint density at radius 2 is 2.04 bits per heavy atom. The third kappa shape index (κ3) is 3.30. The van der Waals surface area contributed by atoms with Crippen LogP contribution in [0.3, 0.4) is 0 Å². The van der Waals surface area contributed by atoms with Gasteiger partial charge in [-0.2, -0.15) is 0 Å². The molecule has 0 saturated carbocycles. The van der Waals surface area contributed by atoms with Crippen molar-refractivity contribution in [1.29, 1.82) is 0 Å². The minimum absolute atomic E-state index is 0.0524. The monoisotopic (exact) mass is 361 g/mol. The maximum atomic E-state index is 12.1. The van der Waals surface area contributed by atoms with Gasteiger partial charge in [0.15, 0.2) is 8.32 Å². The molecule has 0 radical (unpaired) electrons. The number of pyridine rings is 1. The molecule has 1 aliphatic heterocycles. The maximum Gasteiger partial charge on any atom is 0.356 e. The van der Waals surface area contributed by atoms with Crippen LogP contribution in [-0.4, -0.2) is 32.5 Å². The zero-order valence-corrected chi connectivity index (χ0v) is 17.0. The number of hydrogen-bond acceptors (Lipinski definition) is 5. The average Bonchev–Trinajstić information content (AvgIpc) is 3.31. The molecule has 1 aromatic rings. The number of epoxide rings is 1. The lowest BCUT2D eigenvalue weighted by atomic mass is 9.94. The van der Waals surface area contributed by atoms with Crippen LogP contribution in [-0.2, 0) is 13.9 Å². The molecule has 5 nitrogen and oxygen atoms in total. The highest BCUT2D eigenvalue weighted by Gasteiger charge is 2.45. The lowest BCUT2D eigenvalue weighted by Crippen LogP contribution is -2.41. The molecular weight excluding hydrogens is 334 g/mol. The first-order chi connectivity index (χ1) is 11.5. The molecular formula is C19H27NO4Si. The van der Waals surface area contributed by atoms with Crippen LogP contribution >= 0.6 is 0 Å². The quantitative estimate of drug-likeness (QED) is 0.451. The minimum atomic E-state index is -1.95. The number of fused-ring (bicyclic) bond motifs is 3. The minimum Gasteiger partial charge on any atom is -0.464 e. The van der Waals surface area contributed by atoms with E-state index in [-0.39, 0.29) is 23.4 Å². The summed E-state index contributed by atoms with van der Waals surface area (Å²) in [4.78, 5) is 16.6. The topological polar surface area (TPSA) is 61.0 Å². The molecule has 3 atom stereocenters. The predicted octanol–water partition coefficient (Wildman–Crippen LogP) is 4.42. The van der Waals surface area contributed by atoms with Gasteiger partial charge in [-0.05, 0) is 36.7 Å². The number of carbonyl (C=O) groups excluding carboxylic acids is 1. The van der Waals surface area contributed by atoms with Crippen LogP contribution in [0.2, 0.25) is 18.1 Å². The molecule has 0 aromatic carbocycles. The molecule has 1 aromatic heterocycles. The van der Waals surface area contributed by atoms with Gasteiger partial charge in [0.05, 0.1) is 18.9 Å². The summed E-state index contributed by atoms with van der Waals surface area (Å²) in [6, 6.07) is 1.80. The Morgan fingerprint density at radius 1 is 1.36 bits per heavy atom. The van der Waals surface area contributed by atoms with Crippen molar-refractivity contribution in [2.75, 3.05) is 7.11 Å². The smallest absolute Gasteiger partial charge is 0.356 e. The normalized spacial score (nSPS) is 22.8. The molecule has 0 spiro atoms. The van der Waals surface area contributed by atoms with Crippen molar-refractivity contribution >= 4 is 20.4 Å². The third-order valence-electron chi connectivity index (χ3n) is 5.48. The summed E-state index contributed by atoms with van der Waals surface area (Å²) in [6.45, 7) is 13.2. The second-order valence-electron chi connectivity index (χ2n) is 8.29. The van der Waals surface area contributed by atoms with Gasteiger partial charge in [-0.25, -0.2) is 9.78 Å². The Kier molecular flexibility index (Phi) is 4.42. The highest BCUT2D eigenvalue weighted by atomic mass is 28.4. The van der Waals surface area contributed by atoms with Gasteiger partial charge < -0.3 is 13.9 Å². The Hall–Kier alpha value is -1.50. The summed E-state index contributed by atoms with van der Waals surface area (Å²) in [5.74, 6) is -0.435. The van der Waals surface area contributed by atoms with Crippen molar-refractivity contribution in [3.05, 3.63) is 34.7 Å². The third-order valence-corrected chi connectivity index (χ3v) is 10.0. The standard InChI is InChI=1S/C19H27NO4Si/c1-11(24-25(6,7)19(2,3)4)13-10-14(18(21)22-5)20-16-12(13)8-9-15-17(16)23-15/h8-11,15,17H,1-7H3/t11-,15-,17-/m0/s1. The van der Waals surface area contributed by atoms with Gasteiger partial charge in [0, 0.05) is 5.56 Å². The maximum absolute atomic E-state index is 12.1. The summed E-state index contributed by atoms with van der Waals surface area (Å²) in [7, 11) is -0.577. The Bertz CT molecular complexity index is 736. The van der Waals surface area contributed by atoms with Gasteiger partial charge in [-0.1, -0.05) is 32.9 Å². The van der Waals surface area contributed by atoms with Crippen LogP contribution in [0.15, 0.2) is 12.1 Å². The molecule has 3 rings (SSSR count). The van der Waals surface area contributed by atoms with Crippen LogP contribution < -0.4 is 0 Å². The van der Waals surface area contributed by atoms with E-state index in [1.165, 1.54) is 7.11 Å². The number of aromatic nitrogens is 1. The summed E-state index contributed by atoms with van der Waals surface area (Å²) >= 11 is 0. The van der Waals surface area contributed by atoms with E-state index in [1.807, 2.05) is 13.0 Å². The molecule has 136 valence electrons. The van der Waals surface area contributed by atoms with E-state index in [2.05, 4.69) is 44.9 Å². The second-order valence-corrected chi connectivity index (χ2v) is 13.0. The fourth-order valence-electron chi connectivity index (χ4n) is 2.90. The summed E-state index contributed by atoms with van der Waals surface area (Å²) < 4.78 is 17.1. The average molecular weight is 362 g/mol. The van der Waals surface area contributed by atoms with E-state index >= 15 is 0 Å². The first-order valence-electron chi connectivity index (χ1n) is 8.70. The predicted molar refractivity (Wildman–Crippen MR) is 98.9 cm³/mol. The van der Waals surface area contributed by atoms with Crippen molar-refractivity contribution in [2.24, 2.45) is 0 Å². The molecule has 0 bridgehead atoms. The van der Waals surface area contributed by atoms with Crippen LogP contribution in [0, 0.1) is 0 Å². The first kappa shape index (κ1) is 18.3. The van der Waals surface area contributed by atoms with Crippen molar-refractivity contribution < 1.29 is 18.7 Å². The van der Waals surface area contributed by atoms with E-state index in [0.29, 0.717) is 5.69 Å². The number of esters is 1. The molecule has 2 aliphatic rings. The number of nitrogens with zero attached hydrogens (tertiary/aromatic N) is 1. The first-order valence-corrected chi connectivity index (χ1v) is 11.6. The van der Waals surface area contributed by atoms with E-state index in [4.69, 9.17) is 13.9 Å². The van der Waals surface area contributed by atoms with Crippen LogP contribution in [0.1, 0.15) is 67.2 Å². The number of hydrogen-bond donors (Lipinski definition) is 0. The summed E-state index contributed by atoms with van der Waals surface area (Å²) in [6.07, 6.45) is 3.98. The largest absolute Gasteiger partial charge is 0.464 e. The van der Waals surface area contributed by atoms with E-state index < -0.39 is 14.3 Å². The molecule has 0 unspecified atom stereocenters. The Labute approximate surface area is 150 Å². The Balaban J connectivity index is 2.02. The number of methoxy groups -OCH3 is 1. The molecule has 1 fully saturated rings. The highest BCUT2D eigenvalue weighted by Crippen LogP contribution is 2.47. The molecule has 25 heavy (non-hydrogen) atoms. The van der Waals surface area contributed by atoms with Crippen molar-refractivity contribution in [3.8, 4) is 0 Å². The van der Waals surface area contributed by atoms with Gasteiger partial charge in [-0.3, -0.25) is 0 Å². The van der Waals surface area contributed by atoms with E-state index in [9.17, 15) is 4.79 Å². The molecule has 0 N–H and O–H groups in total. The fraction of sp³-hybridized carbons (Fsp3) is 0.579. The summed E-state index contributed by atoms with van der Waals surface area (Å²) in [5.41, 5.74) is 3.11. The molecule has 1 aliphatic carbocycles. The fourth-order valence-corrected chi connectivity index (χ4v) is 4.27. The molecule has 0 amide bonds. The lowest BCUT2D eigenvalue weighted by Gasteiger charge is -2.39.